The van der Waals surface area contributed by atoms with Gasteiger partial charge in [0.1, 0.15) is 0 Å². The van der Waals surface area contributed by atoms with Gasteiger partial charge >= 0.3 is 0 Å². The Hall–Kier alpha value is -1.76. The molecule has 2 atom stereocenters. The second-order valence-electron chi connectivity index (χ2n) is 5.48. The molecular formula is C14H19F2N3O2. The maximum atomic E-state index is 13.1. The van der Waals surface area contributed by atoms with Gasteiger partial charge in [-0.25, -0.2) is 13.8 Å². The van der Waals surface area contributed by atoms with Crippen LogP contribution in [0.4, 0.5) is 20.2 Å². The van der Waals surface area contributed by atoms with E-state index < -0.39 is 11.3 Å². The smallest absolute Gasteiger partial charge is 0.270 e. The lowest BCUT2D eigenvalue weighted by Crippen LogP contribution is -2.47. The minimum absolute atomic E-state index is 0.231. The Morgan fingerprint density at radius 3 is 2.48 bits per heavy atom. The molecule has 0 radical (unpaired) electrons. The maximum absolute atomic E-state index is 13.1. The summed E-state index contributed by atoms with van der Waals surface area (Å²) in [5.41, 5.74) is 2.60. The lowest BCUT2D eigenvalue weighted by Gasteiger charge is -2.39. The van der Waals surface area contributed by atoms with E-state index in [1.807, 2.05) is 18.9 Å². The Bertz CT molecular complexity index is 515. The van der Waals surface area contributed by atoms with Gasteiger partial charge in [0, 0.05) is 29.8 Å². The molecule has 0 bridgehead atoms. The van der Waals surface area contributed by atoms with Gasteiger partial charge in [-0.1, -0.05) is 6.42 Å². The molecule has 21 heavy (non-hydrogen) atoms. The SMILES string of the molecule is CC1CCCC(C)N1Nc1ccc([N+](=O)[O-])cc1C(F)F. The zero-order valence-electron chi connectivity index (χ0n) is 12.1. The van der Waals surface area contributed by atoms with Crippen molar-refractivity contribution in [3.8, 4) is 0 Å². The molecule has 116 valence electrons. The molecule has 1 aliphatic rings. The van der Waals surface area contributed by atoms with Crippen LogP contribution in [0.2, 0.25) is 0 Å². The summed E-state index contributed by atoms with van der Waals surface area (Å²) < 4.78 is 26.3. The summed E-state index contributed by atoms with van der Waals surface area (Å²) in [6.07, 6.45) is 0.341. The van der Waals surface area contributed by atoms with E-state index in [1.165, 1.54) is 12.1 Å². The number of benzene rings is 1. The highest BCUT2D eigenvalue weighted by Crippen LogP contribution is 2.32. The van der Waals surface area contributed by atoms with Crippen molar-refractivity contribution in [2.45, 2.75) is 51.6 Å². The van der Waals surface area contributed by atoms with Crippen molar-refractivity contribution in [2.24, 2.45) is 0 Å². The number of piperidine rings is 1. The Labute approximate surface area is 122 Å². The molecule has 7 heteroatoms. The number of hydrogen-bond acceptors (Lipinski definition) is 4. The highest BCUT2D eigenvalue weighted by Gasteiger charge is 2.26. The molecule has 1 aliphatic heterocycles. The van der Waals surface area contributed by atoms with Gasteiger partial charge in [-0.2, -0.15) is 0 Å². The zero-order chi connectivity index (χ0) is 15.6. The van der Waals surface area contributed by atoms with Gasteiger partial charge in [0.05, 0.1) is 10.6 Å². The van der Waals surface area contributed by atoms with E-state index in [9.17, 15) is 18.9 Å². The molecule has 0 spiro atoms. The van der Waals surface area contributed by atoms with Crippen molar-refractivity contribution in [3.63, 3.8) is 0 Å². The summed E-state index contributed by atoms with van der Waals surface area (Å²) in [6.45, 7) is 4.08. The predicted octanol–water partition coefficient (Wildman–Crippen LogP) is 4.12. The van der Waals surface area contributed by atoms with Crippen LogP contribution in [0.5, 0.6) is 0 Å². The number of alkyl halides is 2. The van der Waals surface area contributed by atoms with E-state index in [-0.39, 0.29) is 29.0 Å². The number of nitrogens with one attached hydrogen (secondary N) is 1. The third kappa shape index (κ3) is 3.47. The number of hydrazine groups is 1. The molecule has 0 amide bonds. The van der Waals surface area contributed by atoms with Crippen molar-refractivity contribution < 1.29 is 13.7 Å². The molecule has 0 aromatic heterocycles. The van der Waals surface area contributed by atoms with Crippen molar-refractivity contribution in [1.82, 2.24) is 5.01 Å². The minimum Gasteiger partial charge on any atom is -0.318 e. The van der Waals surface area contributed by atoms with Gasteiger partial charge in [-0.05, 0) is 32.8 Å². The molecule has 0 saturated carbocycles. The van der Waals surface area contributed by atoms with Gasteiger partial charge in [0.15, 0.2) is 0 Å². The van der Waals surface area contributed by atoms with Crippen molar-refractivity contribution >= 4 is 11.4 Å². The van der Waals surface area contributed by atoms with Gasteiger partial charge in [0.2, 0.25) is 0 Å². The van der Waals surface area contributed by atoms with Crippen LogP contribution in [0.15, 0.2) is 18.2 Å². The number of non-ortho nitro benzene ring substituents is 1. The monoisotopic (exact) mass is 299 g/mol. The first-order chi connectivity index (χ1) is 9.90. The first kappa shape index (κ1) is 15.6. The summed E-state index contributed by atoms with van der Waals surface area (Å²) in [7, 11) is 0. The topological polar surface area (TPSA) is 58.4 Å². The van der Waals surface area contributed by atoms with Crippen LogP contribution in [0, 0.1) is 10.1 Å². The lowest BCUT2D eigenvalue weighted by molar-refractivity contribution is -0.385. The standard InChI is InChI=1S/C14H19F2N3O2/c1-9-4-3-5-10(2)18(9)17-13-7-6-11(19(20)21)8-12(13)14(15)16/h6-10,14,17H,3-5H2,1-2H3. The number of hydrogen-bond donors (Lipinski definition) is 1. The predicted molar refractivity (Wildman–Crippen MR) is 76.3 cm³/mol. The highest BCUT2D eigenvalue weighted by atomic mass is 19.3. The van der Waals surface area contributed by atoms with Crippen LogP contribution in [0.3, 0.4) is 0 Å². The number of nitro benzene ring substituents is 1. The fraction of sp³-hybridized carbons (Fsp3) is 0.571. The summed E-state index contributed by atoms with van der Waals surface area (Å²) in [4.78, 5) is 10.0. The molecule has 1 fully saturated rings. The Morgan fingerprint density at radius 1 is 1.33 bits per heavy atom. The highest BCUT2D eigenvalue weighted by molar-refractivity contribution is 5.56. The molecule has 2 rings (SSSR count). The quantitative estimate of drug-likeness (QED) is 0.671. The number of nitrogens with zero attached hydrogens (tertiary/aromatic N) is 2. The molecule has 1 aromatic carbocycles. The van der Waals surface area contributed by atoms with Crippen LogP contribution in [0.1, 0.15) is 45.1 Å². The number of nitro groups is 1. The average Bonchev–Trinajstić information content (AvgIpc) is 2.42. The summed E-state index contributed by atoms with van der Waals surface area (Å²) in [6, 6.07) is 4.00. The number of rotatable bonds is 4. The van der Waals surface area contributed by atoms with Gasteiger partial charge in [0.25, 0.3) is 12.1 Å². The summed E-state index contributed by atoms with van der Waals surface area (Å²) in [5, 5.41) is 12.7. The minimum atomic E-state index is -2.76. The van der Waals surface area contributed by atoms with E-state index in [1.54, 1.807) is 0 Å². The zero-order valence-corrected chi connectivity index (χ0v) is 12.1. The fourth-order valence-corrected chi connectivity index (χ4v) is 2.73. The summed E-state index contributed by atoms with van der Waals surface area (Å²) in [5.74, 6) is 0. The van der Waals surface area contributed by atoms with E-state index in [0.717, 1.165) is 25.3 Å². The van der Waals surface area contributed by atoms with E-state index in [0.29, 0.717) is 0 Å². The molecule has 1 N–H and O–H groups in total. The van der Waals surface area contributed by atoms with E-state index in [4.69, 9.17) is 0 Å². The third-order valence-corrected chi connectivity index (χ3v) is 3.92. The molecular weight excluding hydrogens is 280 g/mol. The Kier molecular flexibility index (Phi) is 4.72. The van der Waals surface area contributed by atoms with Crippen LogP contribution < -0.4 is 5.43 Å². The van der Waals surface area contributed by atoms with Crippen LogP contribution in [-0.2, 0) is 0 Å². The number of halogens is 2. The maximum Gasteiger partial charge on any atom is 0.270 e. The van der Waals surface area contributed by atoms with Crippen molar-refractivity contribution in [2.75, 3.05) is 5.43 Å². The third-order valence-electron chi connectivity index (χ3n) is 3.92. The molecule has 1 heterocycles. The molecule has 1 saturated heterocycles. The first-order valence-electron chi connectivity index (χ1n) is 7.01. The Balaban J connectivity index is 2.28. The van der Waals surface area contributed by atoms with Gasteiger partial charge in [-0.15, -0.1) is 0 Å². The Morgan fingerprint density at radius 2 is 1.95 bits per heavy atom. The van der Waals surface area contributed by atoms with Gasteiger partial charge < -0.3 is 5.43 Å². The second kappa shape index (κ2) is 6.34. The average molecular weight is 299 g/mol. The molecule has 2 unspecified atom stereocenters. The molecule has 1 aromatic rings. The van der Waals surface area contributed by atoms with E-state index >= 15 is 0 Å². The van der Waals surface area contributed by atoms with Crippen LogP contribution in [0.25, 0.3) is 0 Å². The largest absolute Gasteiger partial charge is 0.318 e. The molecule has 5 nitrogen and oxygen atoms in total. The van der Waals surface area contributed by atoms with Crippen LogP contribution >= 0.6 is 0 Å². The van der Waals surface area contributed by atoms with E-state index in [2.05, 4.69) is 5.43 Å². The fourth-order valence-electron chi connectivity index (χ4n) is 2.73. The van der Waals surface area contributed by atoms with Crippen LogP contribution in [-0.4, -0.2) is 22.0 Å². The second-order valence-corrected chi connectivity index (χ2v) is 5.48. The molecule has 0 aliphatic carbocycles. The van der Waals surface area contributed by atoms with Crippen molar-refractivity contribution in [1.29, 1.82) is 0 Å². The first-order valence-corrected chi connectivity index (χ1v) is 7.01. The summed E-state index contributed by atoms with van der Waals surface area (Å²) >= 11 is 0. The number of anilines is 1. The normalized spacial score (nSPS) is 23.3. The lowest BCUT2D eigenvalue weighted by atomic mass is 10.00. The van der Waals surface area contributed by atoms with Crippen molar-refractivity contribution in [3.05, 3.63) is 33.9 Å². The van der Waals surface area contributed by atoms with Gasteiger partial charge in [-0.3, -0.25) is 10.1 Å².